The number of nitrogens with two attached hydrogens (primary N) is 1. The summed E-state index contributed by atoms with van der Waals surface area (Å²) in [7, 11) is 0. The molecule has 0 aromatic heterocycles. The maximum absolute atomic E-state index is 11.8. The second-order valence-electron chi connectivity index (χ2n) is 4.84. The number of nitrogens with one attached hydrogen (secondary N) is 1. The first-order chi connectivity index (χ1) is 8.79. The van der Waals surface area contributed by atoms with Crippen LogP contribution in [0.5, 0.6) is 0 Å². The summed E-state index contributed by atoms with van der Waals surface area (Å²) in [5, 5.41) is 2.35. The van der Waals surface area contributed by atoms with Crippen LogP contribution in [-0.2, 0) is 4.79 Å². The van der Waals surface area contributed by atoms with E-state index in [2.05, 4.69) is 21.2 Å². The Balaban J connectivity index is 2.45. The van der Waals surface area contributed by atoms with Gasteiger partial charge in [0, 0.05) is 15.8 Å². The van der Waals surface area contributed by atoms with Crippen molar-refractivity contribution in [3.8, 4) is 0 Å². The summed E-state index contributed by atoms with van der Waals surface area (Å²) in [6.07, 6.45) is 0. The molecule has 0 fully saturated rings. The van der Waals surface area contributed by atoms with Crippen molar-refractivity contribution in [2.75, 3.05) is 11.5 Å². The van der Waals surface area contributed by atoms with Gasteiger partial charge in [0.2, 0.25) is 5.91 Å². The molecular weight excluding hydrogens is 328 g/mol. The molecule has 1 aromatic rings. The number of benzene rings is 1. The Bertz CT molecular complexity index is 472. The van der Waals surface area contributed by atoms with Gasteiger partial charge >= 0.3 is 0 Å². The van der Waals surface area contributed by atoms with E-state index in [1.54, 1.807) is 18.2 Å². The normalized spacial score (nSPS) is 11.2. The van der Waals surface area contributed by atoms with Crippen LogP contribution in [-0.4, -0.2) is 28.9 Å². The van der Waals surface area contributed by atoms with Crippen molar-refractivity contribution in [2.24, 2.45) is 5.73 Å². The molecule has 1 aromatic carbocycles. The summed E-state index contributed by atoms with van der Waals surface area (Å²) in [6.45, 7) is 3.79. The quantitative estimate of drug-likeness (QED) is 0.858. The van der Waals surface area contributed by atoms with E-state index < -0.39 is 5.91 Å². The van der Waals surface area contributed by atoms with Crippen LogP contribution in [0.4, 0.5) is 0 Å². The fourth-order valence-corrected chi connectivity index (χ4v) is 2.63. The first-order valence-electron chi connectivity index (χ1n) is 5.75. The zero-order valence-electron chi connectivity index (χ0n) is 10.9. The van der Waals surface area contributed by atoms with Gasteiger partial charge in [-0.3, -0.25) is 14.9 Å². The minimum absolute atomic E-state index is 0.219. The minimum Gasteiger partial charge on any atom is -0.325 e. The third-order valence-electron chi connectivity index (χ3n) is 2.08. The van der Waals surface area contributed by atoms with Crippen molar-refractivity contribution in [3.05, 3.63) is 34.3 Å². The molecule has 0 bridgehead atoms. The number of carbonyl (C=O) groups is 2. The lowest BCUT2D eigenvalue weighted by Crippen LogP contribution is -2.36. The highest BCUT2D eigenvalue weighted by Crippen LogP contribution is 2.15. The lowest BCUT2D eigenvalue weighted by molar-refractivity contribution is -0.117. The summed E-state index contributed by atoms with van der Waals surface area (Å²) in [5.41, 5.74) is 5.93. The highest BCUT2D eigenvalue weighted by Gasteiger charge is 2.15. The van der Waals surface area contributed by atoms with E-state index in [4.69, 9.17) is 5.73 Å². The summed E-state index contributed by atoms with van der Waals surface area (Å²) in [6, 6.07) is 6.96. The Morgan fingerprint density at radius 3 is 2.58 bits per heavy atom. The number of hydrogen-bond donors (Lipinski definition) is 2. The zero-order valence-corrected chi connectivity index (χ0v) is 13.3. The van der Waals surface area contributed by atoms with Gasteiger partial charge in [-0.05, 0) is 41.9 Å². The van der Waals surface area contributed by atoms with Gasteiger partial charge in [0.1, 0.15) is 0 Å². The standard InChI is InChI=1S/C13H17BrN2O2S/c1-13(2,15)8-19-7-11(17)16-12(18)9-5-3-4-6-10(9)14/h3-6H,7-8,15H2,1-2H3,(H,16,17,18). The van der Waals surface area contributed by atoms with E-state index in [0.29, 0.717) is 15.8 Å². The molecular formula is C13H17BrN2O2S. The summed E-state index contributed by atoms with van der Waals surface area (Å²) >= 11 is 4.68. The number of thioether (sulfide) groups is 1. The fourth-order valence-electron chi connectivity index (χ4n) is 1.28. The summed E-state index contributed by atoms with van der Waals surface area (Å²) in [5.74, 6) is 0.167. The van der Waals surface area contributed by atoms with E-state index in [1.807, 2.05) is 19.9 Å². The SMILES string of the molecule is CC(C)(N)CSCC(=O)NC(=O)c1ccccc1Br. The third kappa shape index (κ3) is 6.22. The lowest BCUT2D eigenvalue weighted by atomic mass is 10.1. The molecule has 104 valence electrons. The van der Waals surface area contributed by atoms with Gasteiger partial charge in [-0.2, -0.15) is 11.8 Å². The predicted molar refractivity (Wildman–Crippen MR) is 82.2 cm³/mol. The third-order valence-corrected chi connectivity index (χ3v) is 4.18. The highest BCUT2D eigenvalue weighted by atomic mass is 79.9. The van der Waals surface area contributed by atoms with E-state index in [-0.39, 0.29) is 17.2 Å². The number of carbonyl (C=O) groups excluding carboxylic acids is 2. The van der Waals surface area contributed by atoms with Crippen LogP contribution in [0.25, 0.3) is 0 Å². The minimum atomic E-state index is -0.398. The predicted octanol–water partition coefficient (Wildman–Crippen LogP) is 2.18. The molecule has 19 heavy (non-hydrogen) atoms. The van der Waals surface area contributed by atoms with Crippen LogP contribution in [0.3, 0.4) is 0 Å². The van der Waals surface area contributed by atoms with Crippen molar-refractivity contribution in [2.45, 2.75) is 19.4 Å². The Kier molecular flexibility index (Phi) is 6.03. The van der Waals surface area contributed by atoms with Crippen LogP contribution in [0.1, 0.15) is 24.2 Å². The number of amides is 2. The second kappa shape index (κ2) is 7.07. The molecule has 0 aliphatic heterocycles. The smallest absolute Gasteiger partial charge is 0.259 e. The van der Waals surface area contributed by atoms with Crippen molar-refractivity contribution in [3.63, 3.8) is 0 Å². The lowest BCUT2D eigenvalue weighted by Gasteiger charge is -2.17. The monoisotopic (exact) mass is 344 g/mol. The van der Waals surface area contributed by atoms with Gasteiger partial charge in [-0.1, -0.05) is 12.1 Å². The van der Waals surface area contributed by atoms with Crippen molar-refractivity contribution < 1.29 is 9.59 Å². The van der Waals surface area contributed by atoms with Crippen LogP contribution in [0.15, 0.2) is 28.7 Å². The van der Waals surface area contributed by atoms with Crippen LogP contribution in [0, 0.1) is 0 Å². The van der Waals surface area contributed by atoms with Crippen LogP contribution >= 0.6 is 27.7 Å². The molecule has 6 heteroatoms. The molecule has 0 aliphatic carbocycles. The summed E-state index contributed by atoms with van der Waals surface area (Å²) in [4.78, 5) is 23.5. The molecule has 2 amide bonds. The van der Waals surface area contributed by atoms with Crippen LogP contribution < -0.4 is 11.1 Å². The number of imide groups is 1. The largest absolute Gasteiger partial charge is 0.325 e. The zero-order chi connectivity index (χ0) is 14.5. The highest BCUT2D eigenvalue weighted by molar-refractivity contribution is 9.10. The van der Waals surface area contributed by atoms with Crippen LogP contribution in [0.2, 0.25) is 0 Å². The van der Waals surface area contributed by atoms with Crippen molar-refractivity contribution in [1.82, 2.24) is 5.32 Å². The van der Waals surface area contributed by atoms with Gasteiger partial charge in [-0.15, -0.1) is 0 Å². The molecule has 3 N–H and O–H groups in total. The van der Waals surface area contributed by atoms with Gasteiger partial charge < -0.3 is 5.73 Å². The first-order valence-corrected chi connectivity index (χ1v) is 7.70. The molecule has 0 saturated heterocycles. The average Bonchev–Trinajstić information content (AvgIpc) is 2.27. The Morgan fingerprint density at radius 1 is 1.37 bits per heavy atom. The van der Waals surface area contributed by atoms with E-state index in [1.165, 1.54) is 11.8 Å². The number of hydrogen-bond acceptors (Lipinski definition) is 4. The molecule has 0 saturated carbocycles. The van der Waals surface area contributed by atoms with E-state index in [9.17, 15) is 9.59 Å². The first kappa shape index (κ1) is 16.2. The van der Waals surface area contributed by atoms with Gasteiger partial charge in [0.25, 0.3) is 5.91 Å². The topological polar surface area (TPSA) is 72.2 Å². The summed E-state index contributed by atoms with van der Waals surface area (Å²) < 4.78 is 0.663. The molecule has 0 aliphatic rings. The van der Waals surface area contributed by atoms with Gasteiger partial charge in [0.05, 0.1) is 11.3 Å². The average molecular weight is 345 g/mol. The second-order valence-corrected chi connectivity index (χ2v) is 6.68. The van der Waals surface area contributed by atoms with Gasteiger partial charge in [0.15, 0.2) is 0 Å². The molecule has 0 radical (unpaired) electrons. The van der Waals surface area contributed by atoms with Crippen molar-refractivity contribution >= 4 is 39.5 Å². The molecule has 4 nitrogen and oxygen atoms in total. The Labute approximate surface area is 125 Å². The maximum atomic E-state index is 11.8. The molecule has 0 unspecified atom stereocenters. The number of halogens is 1. The fraction of sp³-hybridized carbons (Fsp3) is 0.385. The number of rotatable bonds is 5. The van der Waals surface area contributed by atoms with Gasteiger partial charge in [-0.25, -0.2) is 0 Å². The maximum Gasteiger partial charge on any atom is 0.259 e. The molecule has 1 rings (SSSR count). The van der Waals surface area contributed by atoms with E-state index >= 15 is 0 Å². The molecule has 0 heterocycles. The van der Waals surface area contributed by atoms with Crippen molar-refractivity contribution in [1.29, 1.82) is 0 Å². The van der Waals surface area contributed by atoms with E-state index in [0.717, 1.165) is 0 Å². The molecule has 0 spiro atoms. The Hall–Kier alpha value is -0.850. The Morgan fingerprint density at radius 2 is 2.00 bits per heavy atom. The molecule has 0 atom stereocenters.